The molecule has 0 bridgehead atoms. The maximum absolute atomic E-state index is 13.0. The highest BCUT2D eigenvalue weighted by atomic mass is 16.1. The van der Waals surface area contributed by atoms with E-state index in [2.05, 4.69) is 45.1 Å². The molecule has 11 nitrogen and oxygen atoms in total. The van der Waals surface area contributed by atoms with Gasteiger partial charge in [-0.2, -0.15) is 4.98 Å². The molecule has 1 saturated heterocycles. The van der Waals surface area contributed by atoms with E-state index in [0.29, 0.717) is 0 Å². The second kappa shape index (κ2) is 11.4. The number of piperidine rings is 1. The number of carbonyl (C=O) groups is 1. The highest BCUT2D eigenvalue weighted by Gasteiger charge is 2.19. The summed E-state index contributed by atoms with van der Waals surface area (Å²) in [5.41, 5.74) is 9.06. The average molecular weight is 518 g/mol. The topological polar surface area (TPSA) is 147 Å². The number of aryl methyl sites for hydroxylation is 1. The standard InChI is InChI=1S/C27H35N9O2/c1-5-12-35-26(38)21-16-30-27(33-25(21)36(35)23(29)8-9-24(37)31-17(2)3)32-20-6-7-22(18(4)15-20)34-13-10-19(28)11-14-34/h5-9,15-17,19,29H,1,10-14,28H2,2-4H3,(H,31,37)(H,30,32,33)/b9-8-,29-23?. The summed E-state index contributed by atoms with van der Waals surface area (Å²) < 4.78 is 2.70. The lowest BCUT2D eigenvalue weighted by Crippen LogP contribution is -2.39. The Balaban J connectivity index is 1.63. The number of benzene rings is 1. The smallest absolute Gasteiger partial charge is 0.278 e. The molecule has 1 amide bonds. The predicted molar refractivity (Wildman–Crippen MR) is 151 cm³/mol. The summed E-state index contributed by atoms with van der Waals surface area (Å²) in [4.78, 5) is 36.4. The van der Waals surface area contributed by atoms with Gasteiger partial charge in [0, 0.05) is 48.8 Å². The van der Waals surface area contributed by atoms with Crippen LogP contribution < -0.4 is 26.8 Å². The molecule has 3 aromatic rings. The molecule has 1 aliphatic heterocycles. The van der Waals surface area contributed by atoms with Gasteiger partial charge in [-0.25, -0.2) is 14.3 Å². The summed E-state index contributed by atoms with van der Waals surface area (Å²) in [5.74, 6) is -0.140. The minimum atomic E-state index is -0.349. The fraction of sp³-hybridized carbons (Fsp3) is 0.370. The number of amides is 1. The zero-order valence-corrected chi connectivity index (χ0v) is 22.1. The van der Waals surface area contributed by atoms with Gasteiger partial charge >= 0.3 is 0 Å². The molecule has 5 N–H and O–H groups in total. The van der Waals surface area contributed by atoms with Crippen molar-refractivity contribution in [2.24, 2.45) is 5.73 Å². The quantitative estimate of drug-likeness (QED) is 0.155. The first-order valence-electron chi connectivity index (χ1n) is 12.7. The van der Waals surface area contributed by atoms with E-state index in [9.17, 15) is 9.59 Å². The minimum absolute atomic E-state index is 0.0371. The van der Waals surface area contributed by atoms with Gasteiger partial charge in [-0.1, -0.05) is 6.08 Å². The molecule has 1 fully saturated rings. The van der Waals surface area contributed by atoms with Crippen molar-refractivity contribution in [1.29, 1.82) is 5.41 Å². The van der Waals surface area contributed by atoms with Crippen LogP contribution in [0.15, 0.2) is 54.0 Å². The third kappa shape index (κ3) is 5.83. The minimum Gasteiger partial charge on any atom is -0.371 e. The Morgan fingerprint density at radius 2 is 2.03 bits per heavy atom. The number of anilines is 3. The van der Waals surface area contributed by atoms with Gasteiger partial charge in [0.2, 0.25) is 11.9 Å². The molecule has 1 aliphatic rings. The first-order valence-corrected chi connectivity index (χ1v) is 12.7. The largest absolute Gasteiger partial charge is 0.371 e. The van der Waals surface area contributed by atoms with Crippen molar-refractivity contribution in [3.05, 3.63) is 65.1 Å². The lowest BCUT2D eigenvalue weighted by atomic mass is 10.0. The molecule has 2 aromatic heterocycles. The van der Waals surface area contributed by atoms with Crippen molar-refractivity contribution in [1.82, 2.24) is 24.6 Å². The second-order valence-corrected chi connectivity index (χ2v) is 9.75. The number of nitrogens with one attached hydrogen (secondary N) is 3. The number of carbonyl (C=O) groups excluding carboxylic acids is 1. The Morgan fingerprint density at radius 3 is 2.68 bits per heavy atom. The van der Waals surface area contributed by atoms with E-state index in [-0.39, 0.29) is 52.9 Å². The maximum Gasteiger partial charge on any atom is 0.278 e. The van der Waals surface area contributed by atoms with E-state index in [0.717, 1.165) is 37.2 Å². The van der Waals surface area contributed by atoms with Crippen molar-refractivity contribution in [2.45, 2.75) is 52.2 Å². The molecule has 0 radical (unpaired) electrons. The Morgan fingerprint density at radius 1 is 1.29 bits per heavy atom. The molecule has 4 rings (SSSR count). The van der Waals surface area contributed by atoms with Crippen LogP contribution in [0.4, 0.5) is 17.3 Å². The van der Waals surface area contributed by atoms with Crippen LogP contribution in [-0.4, -0.2) is 56.2 Å². The van der Waals surface area contributed by atoms with Crippen LogP contribution in [-0.2, 0) is 11.3 Å². The highest BCUT2D eigenvalue weighted by molar-refractivity contribution is 6.01. The Bertz CT molecular complexity index is 1440. The van der Waals surface area contributed by atoms with E-state index < -0.39 is 0 Å². The monoisotopic (exact) mass is 517 g/mol. The van der Waals surface area contributed by atoms with Gasteiger partial charge in [-0.05, 0) is 63.5 Å². The van der Waals surface area contributed by atoms with Gasteiger partial charge in [-0.15, -0.1) is 6.58 Å². The van der Waals surface area contributed by atoms with Gasteiger partial charge in [0.05, 0.1) is 6.54 Å². The lowest BCUT2D eigenvalue weighted by Gasteiger charge is -2.33. The zero-order chi connectivity index (χ0) is 27.4. The van der Waals surface area contributed by atoms with E-state index in [1.807, 2.05) is 26.0 Å². The van der Waals surface area contributed by atoms with Crippen LogP contribution in [0.1, 0.15) is 32.3 Å². The highest BCUT2D eigenvalue weighted by Crippen LogP contribution is 2.27. The van der Waals surface area contributed by atoms with Crippen LogP contribution >= 0.6 is 0 Å². The lowest BCUT2D eigenvalue weighted by molar-refractivity contribution is -0.116. The number of allylic oxidation sites excluding steroid dienone is 2. The molecule has 0 spiro atoms. The predicted octanol–water partition coefficient (Wildman–Crippen LogP) is 2.66. The van der Waals surface area contributed by atoms with Gasteiger partial charge < -0.3 is 21.3 Å². The molecular formula is C27H35N9O2. The van der Waals surface area contributed by atoms with Crippen molar-refractivity contribution in [3.8, 4) is 0 Å². The molecule has 0 aliphatic carbocycles. The Kier molecular flexibility index (Phi) is 8.06. The molecule has 0 saturated carbocycles. The van der Waals surface area contributed by atoms with E-state index in [4.69, 9.17) is 11.1 Å². The summed E-state index contributed by atoms with van der Waals surface area (Å²) >= 11 is 0. The van der Waals surface area contributed by atoms with Crippen molar-refractivity contribution in [2.75, 3.05) is 23.3 Å². The van der Waals surface area contributed by atoms with E-state index in [1.165, 1.54) is 33.4 Å². The third-order valence-corrected chi connectivity index (χ3v) is 6.36. The summed E-state index contributed by atoms with van der Waals surface area (Å²) in [6.07, 6.45) is 7.56. The number of nitrogens with two attached hydrogens (primary N) is 1. The number of hydrogen-bond donors (Lipinski definition) is 4. The van der Waals surface area contributed by atoms with Gasteiger partial charge in [0.1, 0.15) is 11.2 Å². The van der Waals surface area contributed by atoms with Gasteiger partial charge in [0.15, 0.2) is 5.65 Å². The second-order valence-electron chi connectivity index (χ2n) is 9.75. The average Bonchev–Trinajstić information content (AvgIpc) is 3.14. The summed E-state index contributed by atoms with van der Waals surface area (Å²) in [7, 11) is 0. The molecule has 200 valence electrons. The van der Waals surface area contributed by atoms with Gasteiger partial charge in [-0.3, -0.25) is 15.0 Å². The molecule has 0 unspecified atom stereocenters. The number of hydrogen-bond acceptors (Lipinski definition) is 8. The van der Waals surface area contributed by atoms with Crippen molar-refractivity contribution >= 4 is 40.1 Å². The summed E-state index contributed by atoms with van der Waals surface area (Å²) in [6, 6.07) is 6.31. The normalized spacial score (nSPS) is 14.4. The van der Waals surface area contributed by atoms with E-state index in [1.54, 1.807) is 6.08 Å². The first kappa shape index (κ1) is 26.8. The van der Waals surface area contributed by atoms with Gasteiger partial charge in [0.25, 0.3) is 5.56 Å². The van der Waals surface area contributed by atoms with E-state index >= 15 is 0 Å². The molecule has 1 aromatic carbocycles. The molecular weight excluding hydrogens is 482 g/mol. The third-order valence-electron chi connectivity index (χ3n) is 6.36. The zero-order valence-electron chi connectivity index (χ0n) is 22.1. The SMILES string of the molecule is C=CCn1c(=O)c2cnc(Nc3ccc(N4CCC(N)CC4)c(C)c3)nc2n1C(=N)/C=C\C(=O)NC(C)C. The fourth-order valence-corrected chi connectivity index (χ4v) is 4.54. The molecule has 0 atom stereocenters. The van der Waals surface area contributed by atoms with Crippen LogP contribution in [0.3, 0.4) is 0 Å². The molecule has 3 heterocycles. The Hall–Kier alpha value is -4.25. The first-order chi connectivity index (χ1) is 18.2. The number of aromatic nitrogens is 4. The fourth-order valence-electron chi connectivity index (χ4n) is 4.54. The van der Waals surface area contributed by atoms with Crippen LogP contribution in [0.25, 0.3) is 11.0 Å². The number of fused-ring (bicyclic) bond motifs is 1. The van der Waals surface area contributed by atoms with Crippen LogP contribution in [0.2, 0.25) is 0 Å². The summed E-state index contributed by atoms with van der Waals surface area (Å²) in [6.45, 7) is 11.5. The maximum atomic E-state index is 13.0. The number of rotatable bonds is 8. The number of nitrogens with zero attached hydrogens (tertiary/aromatic N) is 5. The van der Waals surface area contributed by atoms with Crippen molar-refractivity contribution in [3.63, 3.8) is 0 Å². The van der Waals surface area contributed by atoms with Crippen LogP contribution in [0, 0.1) is 12.3 Å². The summed E-state index contributed by atoms with van der Waals surface area (Å²) in [5, 5.41) is 14.8. The molecule has 38 heavy (non-hydrogen) atoms. The van der Waals surface area contributed by atoms with Crippen molar-refractivity contribution < 1.29 is 4.79 Å². The van der Waals surface area contributed by atoms with Crippen LogP contribution in [0.5, 0.6) is 0 Å². The Labute approximate surface area is 221 Å². The molecule has 11 heteroatoms.